The first kappa shape index (κ1) is 24.7. The van der Waals surface area contributed by atoms with Gasteiger partial charge in [-0.3, -0.25) is 0 Å². The van der Waals surface area contributed by atoms with Crippen molar-refractivity contribution in [2.45, 2.75) is 64.5 Å². The molecule has 194 valence electrons. The molecule has 2 aliphatic rings. The molecule has 0 spiro atoms. The number of alkyl halides is 3. The highest BCUT2D eigenvalue weighted by Crippen LogP contribution is 2.40. The maximum atomic E-state index is 15.1. The Labute approximate surface area is 205 Å². The number of ether oxygens (including phenoxy) is 2. The molecule has 0 saturated carbocycles. The number of anilines is 1. The summed E-state index contributed by atoms with van der Waals surface area (Å²) >= 11 is 0. The second-order valence-corrected chi connectivity index (χ2v) is 9.42. The van der Waals surface area contributed by atoms with Crippen molar-refractivity contribution in [1.82, 2.24) is 20.4 Å². The zero-order valence-electron chi connectivity index (χ0n) is 20.2. The van der Waals surface area contributed by atoms with Gasteiger partial charge in [-0.2, -0.15) is 4.98 Å². The number of hydrogen-bond donors (Lipinski definition) is 1. The summed E-state index contributed by atoms with van der Waals surface area (Å²) in [5.74, 6) is -0.538. The summed E-state index contributed by atoms with van der Waals surface area (Å²) in [4.78, 5) is 11.0. The van der Waals surface area contributed by atoms with Crippen LogP contribution in [0.1, 0.15) is 37.6 Å². The number of nitrogens with one attached hydrogen (secondary N) is 1. The summed E-state index contributed by atoms with van der Waals surface area (Å²) < 4.78 is 68.4. The van der Waals surface area contributed by atoms with Crippen molar-refractivity contribution in [2.75, 3.05) is 24.7 Å². The molecule has 1 N–H and O–H groups in total. The highest BCUT2D eigenvalue weighted by Gasteiger charge is 2.34. The Bertz CT molecular complexity index is 1260. The van der Waals surface area contributed by atoms with Gasteiger partial charge in [0.25, 0.3) is 5.89 Å². The van der Waals surface area contributed by atoms with E-state index >= 15 is 4.39 Å². The second kappa shape index (κ2) is 9.47. The number of aryl methyl sites for hydroxylation is 2. The van der Waals surface area contributed by atoms with Gasteiger partial charge in [0.2, 0.25) is 0 Å². The van der Waals surface area contributed by atoms with E-state index in [1.807, 2.05) is 0 Å². The van der Waals surface area contributed by atoms with Crippen molar-refractivity contribution in [3.05, 3.63) is 29.3 Å². The van der Waals surface area contributed by atoms with E-state index in [1.165, 1.54) is 0 Å². The van der Waals surface area contributed by atoms with Crippen molar-refractivity contribution in [3.8, 4) is 17.2 Å². The van der Waals surface area contributed by atoms with Crippen molar-refractivity contribution < 1.29 is 31.6 Å². The average Bonchev–Trinajstić information content (AvgIpc) is 3.45. The van der Waals surface area contributed by atoms with Crippen LogP contribution in [0.5, 0.6) is 5.75 Å². The van der Waals surface area contributed by atoms with E-state index in [9.17, 15) is 13.2 Å². The molecule has 12 heteroatoms. The highest BCUT2D eigenvalue weighted by atomic mass is 19.4. The van der Waals surface area contributed by atoms with Crippen molar-refractivity contribution in [2.24, 2.45) is 0 Å². The van der Waals surface area contributed by atoms with Gasteiger partial charge in [-0.05, 0) is 51.7 Å². The van der Waals surface area contributed by atoms with Gasteiger partial charge in [0.1, 0.15) is 17.1 Å². The third-order valence-corrected chi connectivity index (χ3v) is 6.78. The molecule has 4 heterocycles. The van der Waals surface area contributed by atoms with Crippen LogP contribution in [-0.4, -0.2) is 59.4 Å². The van der Waals surface area contributed by atoms with E-state index in [2.05, 4.69) is 37.0 Å². The van der Waals surface area contributed by atoms with Crippen LogP contribution in [0.25, 0.3) is 22.4 Å². The Kier molecular flexibility index (Phi) is 6.50. The zero-order valence-corrected chi connectivity index (χ0v) is 20.2. The minimum absolute atomic E-state index is 0.0431. The van der Waals surface area contributed by atoms with Gasteiger partial charge < -0.3 is 24.2 Å². The predicted molar refractivity (Wildman–Crippen MR) is 123 cm³/mol. The second-order valence-electron chi connectivity index (χ2n) is 9.42. The fraction of sp³-hybridized carbons (Fsp3) is 0.542. The molecule has 36 heavy (non-hydrogen) atoms. The molecule has 2 saturated heterocycles. The number of nitrogens with zero attached hydrogens (tertiary/aromatic N) is 4. The minimum Gasteiger partial charge on any atom is -0.406 e. The third kappa shape index (κ3) is 4.96. The predicted octanol–water partition coefficient (Wildman–Crippen LogP) is 4.68. The largest absolute Gasteiger partial charge is 0.573 e. The lowest BCUT2D eigenvalue weighted by molar-refractivity contribution is -0.274. The van der Waals surface area contributed by atoms with Crippen LogP contribution >= 0.6 is 0 Å². The lowest BCUT2D eigenvalue weighted by atomic mass is 9.95. The molecular formula is C24H27F4N5O3. The monoisotopic (exact) mass is 509 g/mol. The van der Waals surface area contributed by atoms with Gasteiger partial charge >= 0.3 is 6.36 Å². The Morgan fingerprint density at radius 1 is 1.14 bits per heavy atom. The van der Waals surface area contributed by atoms with Crippen LogP contribution in [0.15, 0.2) is 16.7 Å². The van der Waals surface area contributed by atoms with Gasteiger partial charge in [-0.15, -0.1) is 13.2 Å². The molecule has 3 atom stereocenters. The number of rotatable bonds is 5. The van der Waals surface area contributed by atoms with E-state index in [0.717, 1.165) is 31.9 Å². The van der Waals surface area contributed by atoms with Gasteiger partial charge in [-0.1, -0.05) is 5.16 Å². The Morgan fingerprint density at radius 3 is 2.58 bits per heavy atom. The lowest BCUT2D eigenvalue weighted by Gasteiger charge is -2.40. The standard InChI is InChI=1S/C24H27F4N5O3/c1-12-8-15(30-16-5-7-34-11-16)4-6-33(12)22-20(23-29-14(3)32-36-23)13(2)18-9-17(35-24(26,27)28)10-19(25)21(18)31-22/h9-10,12,15-16,30H,4-8,11H2,1-3H3/t12-,15-,16+/m1/s1. The fourth-order valence-corrected chi connectivity index (χ4v) is 5.13. The molecule has 0 radical (unpaired) electrons. The number of fused-ring (bicyclic) bond motifs is 1. The third-order valence-electron chi connectivity index (χ3n) is 6.78. The van der Waals surface area contributed by atoms with Crippen LogP contribution in [0, 0.1) is 19.7 Å². The molecular weight excluding hydrogens is 482 g/mol. The molecule has 2 fully saturated rings. The minimum atomic E-state index is -4.95. The van der Waals surface area contributed by atoms with Crippen molar-refractivity contribution >= 4 is 16.7 Å². The van der Waals surface area contributed by atoms with E-state index in [0.29, 0.717) is 54.1 Å². The molecule has 0 bridgehead atoms. The molecule has 0 aliphatic carbocycles. The molecule has 8 nitrogen and oxygen atoms in total. The van der Waals surface area contributed by atoms with Crippen LogP contribution in [0.4, 0.5) is 23.4 Å². The fourth-order valence-electron chi connectivity index (χ4n) is 5.13. The average molecular weight is 510 g/mol. The maximum Gasteiger partial charge on any atom is 0.573 e. The molecule has 2 aromatic heterocycles. The first-order valence-electron chi connectivity index (χ1n) is 11.9. The number of benzene rings is 1. The first-order valence-corrected chi connectivity index (χ1v) is 11.9. The van der Waals surface area contributed by atoms with Crippen molar-refractivity contribution in [1.29, 1.82) is 0 Å². The number of hydrogen-bond acceptors (Lipinski definition) is 8. The molecule has 5 rings (SSSR count). The Hall–Kier alpha value is -2.99. The summed E-state index contributed by atoms with van der Waals surface area (Å²) in [6, 6.07) is 2.52. The number of piperidine rings is 1. The van der Waals surface area contributed by atoms with E-state index in [-0.39, 0.29) is 22.8 Å². The van der Waals surface area contributed by atoms with Gasteiger partial charge in [0.05, 0.1) is 12.2 Å². The van der Waals surface area contributed by atoms with E-state index in [4.69, 9.17) is 9.26 Å². The van der Waals surface area contributed by atoms with Crippen molar-refractivity contribution in [3.63, 3.8) is 0 Å². The van der Waals surface area contributed by atoms with E-state index < -0.39 is 17.9 Å². The van der Waals surface area contributed by atoms with Crippen LogP contribution in [0.2, 0.25) is 0 Å². The molecule has 0 unspecified atom stereocenters. The summed E-state index contributed by atoms with van der Waals surface area (Å²) in [7, 11) is 0. The van der Waals surface area contributed by atoms with Gasteiger partial charge in [0.15, 0.2) is 11.6 Å². The summed E-state index contributed by atoms with van der Waals surface area (Å²) in [5.41, 5.74) is 0.891. The molecule has 0 amide bonds. The normalized spacial score (nSPS) is 23.0. The molecule has 1 aromatic carbocycles. The number of halogens is 4. The quantitative estimate of drug-likeness (QED) is 0.497. The SMILES string of the molecule is Cc1noc(-c2c(N3CC[C@@H](N[C@H]4CCOC4)C[C@H]3C)nc3c(F)cc(OC(F)(F)F)cc3c2C)n1. The topological polar surface area (TPSA) is 85.5 Å². The van der Waals surface area contributed by atoms with Gasteiger partial charge in [-0.25, -0.2) is 9.37 Å². The molecule has 2 aliphatic heterocycles. The summed E-state index contributed by atoms with van der Waals surface area (Å²) in [6.45, 7) is 7.53. The zero-order chi connectivity index (χ0) is 25.6. The van der Waals surface area contributed by atoms with Gasteiger partial charge in [0, 0.05) is 42.7 Å². The summed E-state index contributed by atoms with van der Waals surface area (Å²) in [5, 5.41) is 7.71. The Morgan fingerprint density at radius 2 is 1.94 bits per heavy atom. The highest BCUT2D eigenvalue weighted by molar-refractivity contribution is 5.93. The maximum absolute atomic E-state index is 15.1. The number of aromatic nitrogens is 3. The smallest absolute Gasteiger partial charge is 0.406 e. The van der Waals surface area contributed by atoms with Crippen LogP contribution in [-0.2, 0) is 4.74 Å². The Balaban J connectivity index is 1.56. The first-order chi connectivity index (χ1) is 17.1. The number of pyridine rings is 1. The lowest BCUT2D eigenvalue weighted by Crippen LogP contribution is -2.50. The molecule has 3 aromatic rings. The van der Waals surface area contributed by atoms with E-state index in [1.54, 1.807) is 13.8 Å². The summed E-state index contributed by atoms with van der Waals surface area (Å²) in [6.07, 6.45) is -2.30. The van der Waals surface area contributed by atoms with Crippen LogP contribution < -0.4 is 15.0 Å². The van der Waals surface area contributed by atoms with Crippen LogP contribution in [0.3, 0.4) is 0 Å².